The summed E-state index contributed by atoms with van der Waals surface area (Å²) in [6, 6.07) is 2.09. The van der Waals surface area contributed by atoms with E-state index in [1.165, 1.54) is 18.5 Å². The Kier molecular flexibility index (Phi) is 4.99. The number of imide groups is 1. The second kappa shape index (κ2) is 6.48. The second-order valence-corrected chi connectivity index (χ2v) is 4.17. The quantitative estimate of drug-likeness (QED) is 0.768. The number of ether oxygens (including phenoxy) is 1. The van der Waals surface area contributed by atoms with Crippen LogP contribution in [-0.4, -0.2) is 29.0 Å². The number of rotatable bonds is 4. The molecule has 1 atom stereocenters. The number of pyridine rings is 1. The number of urea groups is 1. The third kappa shape index (κ3) is 4.38. The number of esters is 1. The Morgan fingerprint density at radius 2 is 2.05 bits per heavy atom. The molecule has 0 saturated carbocycles. The Labute approximate surface area is 110 Å². The molecule has 0 saturated heterocycles. The van der Waals surface area contributed by atoms with Crippen LogP contribution in [0.25, 0.3) is 0 Å². The highest BCUT2D eigenvalue weighted by atomic mass is 16.5. The van der Waals surface area contributed by atoms with Gasteiger partial charge in [-0.3, -0.25) is 15.1 Å². The normalized spacial score (nSPS) is 11.7. The van der Waals surface area contributed by atoms with Crippen LogP contribution in [0.4, 0.5) is 4.79 Å². The largest absolute Gasteiger partial charge is 0.448 e. The first-order valence-electron chi connectivity index (χ1n) is 5.63. The minimum absolute atomic E-state index is 0.222. The molecule has 0 fully saturated rings. The molecule has 0 radical (unpaired) electrons. The molecule has 7 heteroatoms. The number of hydrogen-bond acceptors (Lipinski definition) is 5. The summed E-state index contributed by atoms with van der Waals surface area (Å²) in [5, 5.41) is 1.89. The summed E-state index contributed by atoms with van der Waals surface area (Å²) in [4.78, 5) is 37.9. The fourth-order valence-corrected chi connectivity index (χ4v) is 1.35. The number of amides is 3. The Morgan fingerprint density at radius 3 is 2.53 bits per heavy atom. The molecule has 1 heterocycles. The highest BCUT2D eigenvalue weighted by Gasteiger charge is 2.27. The molecule has 19 heavy (non-hydrogen) atoms. The number of carbonyl (C=O) groups excluding carboxylic acids is 3. The van der Waals surface area contributed by atoms with Crippen molar-refractivity contribution < 1.29 is 19.1 Å². The van der Waals surface area contributed by atoms with Crippen molar-refractivity contribution in [3.05, 3.63) is 30.1 Å². The van der Waals surface area contributed by atoms with Crippen LogP contribution in [0, 0.1) is 5.92 Å². The Bertz CT molecular complexity index is 473. The fraction of sp³-hybridized carbons (Fsp3) is 0.333. The first kappa shape index (κ1) is 14.6. The van der Waals surface area contributed by atoms with E-state index < -0.39 is 24.0 Å². The number of carbonyl (C=O) groups is 3. The second-order valence-electron chi connectivity index (χ2n) is 4.17. The third-order valence-corrected chi connectivity index (χ3v) is 2.24. The van der Waals surface area contributed by atoms with Crippen LogP contribution in [-0.2, 0) is 9.53 Å². The maximum Gasteiger partial charge on any atom is 0.340 e. The predicted octanol–water partition coefficient (Wildman–Crippen LogP) is 0.458. The minimum Gasteiger partial charge on any atom is -0.448 e. The van der Waals surface area contributed by atoms with Crippen molar-refractivity contribution in [3.8, 4) is 0 Å². The van der Waals surface area contributed by atoms with Gasteiger partial charge in [-0.2, -0.15) is 0 Å². The van der Waals surface area contributed by atoms with Gasteiger partial charge in [0.15, 0.2) is 6.10 Å². The number of nitrogens with one attached hydrogen (secondary N) is 1. The van der Waals surface area contributed by atoms with E-state index >= 15 is 0 Å². The first-order chi connectivity index (χ1) is 8.91. The highest BCUT2D eigenvalue weighted by Crippen LogP contribution is 2.10. The summed E-state index contributed by atoms with van der Waals surface area (Å²) in [7, 11) is 0. The molecule has 0 aliphatic carbocycles. The molecule has 3 amide bonds. The zero-order chi connectivity index (χ0) is 14.4. The molecule has 7 nitrogen and oxygen atoms in total. The number of aromatic nitrogens is 1. The van der Waals surface area contributed by atoms with E-state index in [1.807, 2.05) is 5.32 Å². The highest BCUT2D eigenvalue weighted by molar-refractivity contribution is 5.98. The lowest BCUT2D eigenvalue weighted by Gasteiger charge is -2.19. The molecule has 1 aromatic heterocycles. The molecule has 0 aliphatic heterocycles. The molecule has 0 aliphatic rings. The van der Waals surface area contributed by atoms with Crippen molar-refractivity contribution in [3.63, 3.8) is 0 Å². The summed E-state index contributed by atoms with van der Waals surface area (Å²) in [6.07, 6.45) is 1.74. The van der Waals surface area contributed by atoms with E-state index in [-0.39, 0.29) is 11.5 Å². The Balaban J connectivity index is 2.77. The van der Waals surface area contributed by atoms with Gasteiger partial charge in [0, 0.05) is 12.4 Å². The summed E-state index contributed by atoms with van der Waals surface area (Å²) >= 11 is 0. The van der Waals surface area contributed by atoms with Crippen LogP contribution < -0.4 is 11.1 Å². The van der Waals surface area contributed by atoms with E-state index in [0.717, 1.165) is 0 Å². The molecule has 1 rings (SSSR count). The number of hydrogen-bond donors (Lipinski definition) is 2. The minimum atomic E-state index is -1.10. The van der Waals surface area contributed by atoms with Gasteiger partial charge in [-0.05, 0) is 18.1 Å². The van der Waals surface area contributed by atoms with Crippen molar-refractivity contribution in [1.29, 1.82) is 0 Å². The Morgan fingerprint density at radius 1 is 1.37 bits per heavy atom. The van der Waals surface area contributed by atoms with E-state index in [1.54, 1.807) is 19.9 Å². The van der Waals surface area contributed by atoms with Gasteiger partial charge in [0.25, 0.3) is 5.91 Å². The van der Waals surface area contributed by atoms with Gasteiger partial charge in [-0.1, -0.05) is 13.8 Å². The monoisotopic (exact) mass is 265 g/mol. The molecule has 1 aromatic rings. The summed E-state index contributed by atoms with van der Waals surface area (Å²) in [5.41, 5.74) is 5.07. The van der Waals surface area contributed by atoms with E-state index in [4.69, 9.17) is 10.5 Å². The lowest BCUT2D eigenvalue weighted by molar-refractivity contribution is -0.130. The van der Waals surface area contributed by atoms with Crippen molar-refractivity contribution in [2.45, 2.75) is 20.0 Å². The lowest BCUT2D eigenvalue weighted by Crippen LogP contribution is -2.45. The topological polar surface area (TPSA) is 111 Å². The number of nitrogens with two attached hydrogens (primary N) is 1. The van der Waals surface area contributed by atoms with Crippen molar-refractivity contribution in [2.75, 3.05) is 0 Å². The van der Waals surface area contributed by atoms with Crippen LogP contribution in [0.1, 0.15) is 24.2 Å². The Hall–Kier alpha value is -2.44. The zero-order valence-electron chi connectivity index (χ0n) is 10.6. The number of primary amides is 1. The molecule has 102 valence electrons. The summed E-state index contributed by atoms with van der Waals surface area (Å²) in [5.74, 6) is -1.74. The van der Waals surface area contributed by atoms with E-state index in [9.17, 15) is 14.4 Å². The van der Waals surface area contributed by atoms with Gasteiger partial charge >= 0.3 is 12.0 Å². The van der Waals surface area contributed by atoms with Crippen molar-refractivity contribution in [2.24, 2.45) is 11.7 Å². The molecular formula is C12H15N3O4. The number of nitrogens with zero attached hydrogens (tertiary/aromatic N) is 1. The van der Waals surface area contributed by atoms with Gasteiger partial charge in [-0.15, -0.1) is 0 Å². The maximum absolute atomic E-state index is 11.8. The van der Waals surface area contributed by atoms with Gasteiger partial charge in [0.05, 0.1) is 5.56 Å². The van der Waals surface area contributed by atoms with Crippen molar-refractivity contribution >= 4 is 17.9 Å². The van der Waals surface area contributed by atoms with Crippen LogP contribution in [0.5, 0.6) is 0 Å². The predicted molar refractivity (Wildman–Crippen MR) is 66.0 cm³/mol. The summed E-state index contributed by atoms with van der Waals surface area (Å²) in [6.45, 7) is 3.36. The van der Waals surface area contributed by atoms with Gasteiger partial charge in [0.2, 0.25) is 0 Å². The van der Waals surface area contributed by atoms with Gasteiger partial charge in [0.1, 0.15) is 0 Å². The van der Waals surface area contributed by atoms with Gasteiger partial charge in [-0.25, -0.2) is 9.59 Å². The van der Waals surface area contributed by atoms with Crippen LogP contribution in [0.3, 0.4) is 0 Å². The maximum atomic E-state index is 11.8. The zero-order valence-corrected chi connectivity index (χ0v) is 10.6. The third-order valence-electron chi connectivity index (χ3n) is 2.24. The molecule has 0 aromatic carbocycles. The molecule has 3 N–H and O–H groups in total. The van der Waals surface area contributed by atoms with Crippen LogP contribution >= 0.6 is 0 Å². The lowest BCUT2D eigenvalue weighted by atomic mass is 10.1. The molecule has 0 bridgehead atoms. The average molecular weight is 265 g/mol. The standard InChI is InChI=1S/C12H15N3O4/c1-7(2)9(10(16)15-12(13)18)19-11(17)8-4-3-5-14-6-8/h3-7,9H,1-2H3,(H3,13,15,16,18)/t9-/m1/s1. The molecular weight excluding hydrogens is 250 g/mol. The summed E-state index contributed by atoms with van der Waals surface area (Å²) < 4.78 is 5.06. The molecule has 0 unspecified atom stereocenters. The molecule has 0 spiro atoms. The van der Waals surface area contributed by atoms with Crippen LogP contribution in [0.15, 0.2) is 24.5 Å². The smallest absolute Gasteiger partial charge is 0.340 e. The van der Waals surface area contributed by atoms with E-state index in [2.05, 4.69) is 4.98 Å². The fourth-order valence-electron chi connectivity index (χ4n) is 1.35. The van der Waals surface area contributed by atoms with Crippen molar-refractivity contribution in [1.82, 2.24) is 10.3 Å². The van der Waals surface area contributed by atoms with Crippen LogP contribution in [0.2, 0.25) is 0 Å². The SMILES string of the molecule is CC(C)[C@@H](OC(=O)c1cccnc1)C(=O)NC(N)=O. The van der Waals surface area contributed by atoms with E-state index in [0.29, 0.717) is 0 Å². The van der Waals surface area contributed by atoms with Gasteiger partial charge < -0.3 is 10.5 Å². The average Bonchev–Trinajstić information content (AvgIpc) is 2.35. The first-order valence-corrected chi connectivity index (χ1v) is 5.63.